The maximum Gasteiger partial charge on any atom is 0.148 e. The van der Waals surface area contributed by atoms with Gasteiger partial charge in [-0.15, -0.1) is 10.2 Å². The van der Waals surface area contributed by atoms with Crippen molar-refractivity contribution >= 4 is 5.82 Å². The van der Waals surface area contributed by atoms with Gasteiger partial charge in [-0.25, -0.2) is 0 Å². The Hall–Kier alpha value is -2.89. The van der Waals surface area contributed by atoms with E-state index in [1.807, 2.05) is 37.5 Å². The molecular formula is C19H21N5O. The Labute approximate surface area is 146 Å². The van der Waals surface area contributed by atoms with Gasteiger partial charge in [0.1, 0.15) is 11.6 Å². The predicted molar refractivity (Wildman–Crippen MR) is 96.6 cm³/mol. The zero-order valence-electron chi connectivity index (χ0n) is 14.4. The molecule has 0 spiro atoms. The van der Waals surface area contributed by atoms with E-state index in [9.17, 15) is 0 Å². The fraction of sp³-hybridized carbons (Fsp3) is 0.316. The molecule has 1 N–H and O–H groups in total. The summed E-state index contributed by atoms with van der Waals surface area (Å²) in [5.41, 5.74) is 3.19. The second-order valence-corrected chi connectivity index (χ2v) is 6.54. The standard InChI is InChI=1S/C19H21N5O/c1-24-12-14(11-21-24)16-7-8-18(23-22-16)20-13-19(9-10-19)15-5-3-4-6-17(15)25-2/h3-8,11-12H,9-10,13H2,1-2H3,(H,20,23). The lowest BCUT2D eigenvalue weighted by Crippen LogP contribution is -2.21. The molecule has 1 aliphatic carbocycles. The maximum atomic E-state index is 5.53. The molecule has 0 radical (unpaired) electrons. The van der Waals surface area contributed by atoms with E-state index in [1.54, 1.807) is 18.0 Å². The van der Waals surface area contributed by atoms with Gasteiger partial charge in [0.05, 0.1) is 19.0 Å². The van der Waals surface area contributed by atoms with E-state index in [4.69, 9.17) is 4.74 Å². The lowest BCUT2D eigenvalue weighted by molar-refractivity contribution is 0.404. The summed E-state index contributed by atoms with van der Waals surface area (Å²) < 4.78 is 7.28. The molecule has 128 valence electrons. The molecule has 1 saturated carbocycles. The van der Waals surface area contributed by atoms with Gasteiger partial charge >= 0.3 is 0 Å². The number of hydrogen-bond acceptors (Lipinski definition) is 5. The first-order chi connectivity index (χ1) is 12.2. The van der Waals surface area contributed by atoms with Crippen LogP contribution in [-0.4, -0.2) is 33.6 Å². The van der Waals surface area contributed by atoms with Crippen LogP contribution in [-0.2, 0) is 12.5 Å². The number of para-hydroxylation sites is 1. The van der Waals surface area contributed by atoms with E-state index in [0.29, 0.717) is 0 Å². The number of nitrogens with zero attached hydrogens (tertiary/aromatic N) is 4. The first-order valence-corrected chi connectivity index (χ1v) is 8.40. The number of methoxy groups -OCH3 is 1. The van der Waals surface area contributed by atoms with Crippen LogP contribution in [0.25, 0.3) is 11.3 Å². The van der Waals surface area contributed by atoms with Crippen LogP contribution in [0.1, 0.15) is 18.4 Å². The van der Waals surface area contributed by atoms with Crippen LogP contribution in [0.4, 0.5) is 5.82 Å². The van der Waals surface area contributed by atoms with Crippen molar-refractivity contribution in [1.29, 1.82) is 0 Å². The molecule has 0 amide bonds. The number of aromatic nitrogens is 4. The zero-order chi connectivity index (χ0) is 17.3. The molecule has 0 saturated heterocycles. The van der Waals surface area contributed by atoms with E-state index in [-0.39, 0.29) is 5.41 Å². The van der Waals surface area contributed by atoms with Gasteiger partial charge in [-0.1, -0.05) is 18.2 Å². The van der Waals surface area contributed by atoms with Crippen LogP contribution in [0.5, 0.6) is 5.75 Å². The van der Waals surface area contributed by atoms with Crippen molar-refractivity contribution < 1.29 is 4.74 Å². The number of nitrogens with one attached hydrogen (secondary N) is 1. The summed E-state index contributed by atoms with van der Waals surface area (Å²) in [6, 6.07) is 12.2. The number of hydrogen-bond donors (Lipinski definition) is 1. The summed E-state index contributed by atoms with van der Waals surface area (Å²) in [7, 11) is 3.62. The summed E-state index contributed by atoms with van der Waals surface area (Å²) in [5, 5.41) is 16.2. The Morgan fingerprint density at radius 3 is 2.64 bits per heavy atom. The van der Waals surface area contributed by atoms with Gasteiger partial charge in [-0.05, 0) is 31.0 Å². The maximum absolute atomic E-state index is 5.53. The lowest BCUT2D eigenvalue weighted by Gasteiger charge is -2.19. The van der Waals surface area contributed by atoms with Crippen molar-refractivity contribution in [1.82, 2.24) is 20.0 Å². The van der Waals surface area contributed by atoms with E-state index >= 15 is 0 Å². The second kappa shape index (κ2) is 6.20. The Bertz CT molecular complexity index is 868. The highest BCUT2D eigenvalue weighted by Gasteiger charge is 2.45. The van der Waals surface area contributed by atoms with Crippen molar-refractivity contribution in [3.63, 3.8) is 0 Å². The van der Waals surface area contributed by atoms with Crippen molar-refractivity contribution in [3.8, 4) is 17.0 Å². The molecule has 1 aromatic carbocycles. The molecule has 6 heteroatoms. The summed E-state index contributed by atoms with van der Waals surface area (Å²) in [6.45, 7) is 0.828. The number of benzene rings is 1. The van der Waals surface area contributed by atoms with Crippen LogP contribution < -0.4 is 10.1 Å². The highest BCUT2D eigenvalue weighted by molar-refractivity contribution is 5.57. The first-order valence-electron chi connectivity index (χ1n) is 8.40. The monoisotopic (exact) mass is 335 g/mol. The van der Waals surface area contributed by atoms with Gasteiger partial charge in [-0.2, -0.15) is 5.10 Å². The van der Waals surface area contributed by atoms with Gasteiger partial charge < -0.3 is 10.1 Å². The quantitative estimate of drug-likeness (QED) is 0.750. The lowest BCUT2D eigenvalue weighted by atomic mass is 9.95. The summed E-state index contributed by atoms with van der Waals surface area (Å²) in [6.07, 6.45) is 6.03. The molecule has 1 aliphatic rings. The minimum absolute atomic E-state index is 0.135. The molecule has 2 aromatic heterocycles. The minimum Gasteiger partial charge on any atom is -0.496 e. The third-order valence-corrected chi connectivity index (χ3v) is 4.80. The van der Waals surface area contributed by atoms with Gasteiger partial charge in [0.2, 0.25) is 0 Å². The molecule has 4 rings (SSSR count). The van der Waals surface area contributed by atoms with Crippen molar-refractivity contribution in [2.24, 2.45) is 7.05 Å². The van der Waals surface area contributed by atoms with E-state index in [2.05, 4.69) is 32.7 Å². The van der Waals surface area contributed by atoms with Crippen molar-refractivity contribution in [3.05, 3.63) is 54.4 Å². The molecule has 0 bridgehead atoms. The molecule has 1 fully saturated rings. The van der Waals surface area contributed by atoms with Gasteiger partial charge in [0.15, 0.2) is 0 Å². The minimum atomic E-state index is 0.135. The highest BCUT2D eigenvalue weighted by atomic mass is 16.5. The largest absolute Gasteiger partial charge is 0.496 e. The normalized spacial score (nSPS) is 15.0. The summed E-state index contributed by atoms with van der Waals surface area (Å²) in [4.78, 5) is 0. The summed E-state index contributed by atoms with van der Waals surface area (Å²) in [5.74, 6) is 1.74. The molecule has 25 heavy (non-hydrogen) atoms. The molecule has 0 atom stereocenters. The van der Waals surface area contributed by atoms with Crippen LogP contribution >= 0.6 is 0 Å². The Kier molecular flexibility index (Phi) is 3.87. The highest BCUT2D eigenvalue weighted by Crippen LogP contribution is 2.51. The first kappa shape index (κ1) is 15.6. The van der Waals surface area contributed by atoms with Crippen LogP contribution in [0.15, 0.2) is 48.8 Å². The average molecular weight is 335 g/mol. The molecule has 3 aromatic rings. The van der Waals surface area contributed by atoms with Crippen LogP contribution in [0.3, 0.4) is 0 Å². The number of ether oxygens (including phenoxy) is 1. The van der Waals surface area contributed by atoms with Gasteiger partial charge in [0, 0.05) is 36.3 Å². The Morgan fingerprint density at radius 1 is 1.16 bits per heavy atom. The number of anilines is 1. The Balaban J connectivity index is 1.46. The Morgan fingerprint density at radius 2 is 2.00 bits per heavy atom. The SMILES string of the molecule is COc1ccccc1C1(CNc2ccc(-c3cnn(C)c3)nn2)CC1. The summed E-state index contributed by atoms with van der Waals surface area (Å²) >= 11 is 0. The molecule has 6 nitrogen and oxygen atoms in total. The molecule has 2 heterocycles. The molecular weight excluding hydrogens is 314 g/mol. The van der Waals surface area contributed by atoms with Gasteiger partial charge in [-0.3, -0.25) is 4.68 Å². The molecule has 0 unspecified atom stereocenters. The van der Waals surface area contributed by atoms with E-state index in [1.165, 1.54) is 5.56 Å². The van der Waals surface area contributed by atoms with Crippen LogP contribution in [0.2, 0.25) is 0 Å². The third kappa shape index (κ3) is 3.07. The fourth-order valence-corrected chi connectivity index (χ4v) is 3.17. The number of rotatable bonds is 6. The van der Waals surface area contributed by atoms with E-state index in [0.717, 1.165) is 42.2 Å². The number of aryl methyl sites for hydroxylation is 1. The van der Waals surface area contributed by atoms with Crippen molar-refractivity contribution in [2.75, 3.05) is 19.0 Å². The van der Waals surface area contributed by atoms with E-state index < -0.39 is 0 Å². The predicted octanol–water partition coefficient (Wildman–Crippen LogP) is 3.03. The third-order valence-electron chi connectivity index (χ3n) is 4.80. The van der Waals surface area contributed by atoms with Crippen LogP contribution in [0, 0.1) is 0 Å². The van der Waals surface area contributed by atoms with Crippen molar-refractivity contribution in [2.45, 2.75) is 18.3 Å². The topological polar surface area (TPSA) is 64.9 Å². The average Bonchev–Trinajstić information content (AvgIpc) is 3.33. The zero-order valence-corrected chi connectivity index (χ0v) is 14.4. The molecule has 0 aliphatic heterocycles. The smallest absolute Gasteiger partial charge is 0.148 e. The second-order valence-electron chi connectivity index (χ2n) is 6.54. The fourth-order valence-electron chi connectivity index (χ4n) is 3.17. The van der Waals surface area contributed by atoms with Gasteiger partial charge in [0.25, 0.3) is 0 Å².